The average Bonchev–Trinajstić information content (AvgIpc) is 2.71. The number of hydrogen-bond acceptors (Lipinski definition) is 7. The number of ether oxygens (including phenoxy) is 1. The number of rotatable bonds is 6. The van der Waals surface area contributed by atoms with E-state index < -0.39 is 23.1 Å². The third kappa shape index (κ3) is 5.10. The second kappa shape index (κ2) is 9.33. The number of likely N-dealkylation sites (tertiary alicyclic amines) is 1. The molecule has 1 aliphatic rings. The normalized spacial score (nSPS) is 15.8. The summed E-state index contributed by atoms with van der Waals surface area (Å²) in [6.45, 7) is 2.28. The molecule has 7 nitrogen and oxygen atoms in total. The Morgan fingerprint density at radius 2 is 1.97 bits per heavy atom. The molecule has 1 unspecified atom stereocenters. The molecule has 156 valence electrons. The molecule has 3 rings (SSSR count). The first kappa shape index (κ1) is 21.2. The van der Waals surface area contributed by atoms with Gasteiger partial charge in [-0.25, -0.2) is 0 Å². The Bertz CT molecular complexity index is 935. The minimum atomic E-state index is -0.797. The van der Waals surface area contributed by atoms with Gasteiger partial charge in [0.2, 0.25) is 11.2 Å². The third-order valence-corrected chi connectivity index (χ3v) is 5.42. The minimum absolute atomic E-state index is 0.0170. The second-order valence-electron chi connectivity index (χ2n) is 7.17. The Morgan fingerprint density at radius 3 is 2.62 bits per heavy atom. The standard InChI is InChI=1S/C21H24ClNO6/c1-28-19(26)11-15(13-5-6-17(24)16(22)9-13)21-20(27)18(25)10-14(29-21)12-23-7-3-2-4-8-23/h5-6,9-10,15,24,27H,2-4,7-8,11-12H2,1H3. The van der Waals surface area contributed by atoms with Crippen molar-refractivity contribution in [2.24, 2.45) is 0 Å². The van der Waals surface area contributed by atoms with E-state index in [2.05, 4.69) is 4.90 Å². The molecule has 1 saturated heterocycles. The van der Waals surface area contributed by atoms with Crippen molar-refractivity contribution in [1.29, 1.82) is 0 Å². The van der Waals surface area contributed by atoms with Gasteiger partial charge in [-0.2, -0.15) is 0 Å². The third-order valence-electron chi connectivity index (χ3n) is 5.12. The van der Waals surface area contributed by atoms with Crippen LogP contribution in [0, 0.1) is 0 Å². The fourth-order valence-corrected chi connectivity index (χ4v) is 3.75. The first-order chi connectivity index (χ1) is 13.9. The van der Waals surface area contributed by atoms with Gasteiger partial charge in [-0.1, -0.05) is 24.1 Å². The van der Waals surface area contributed by atoms with Crippen molar-refractivity contribution in [2.45, 2.75) is 38.1 Å². The smallest absolute Gasteiger partial charge is 0.306 e. The van der Waals surface area contributed by atoms with Crippen LogP contribution < -0.4 is 5.43 Å². The largest absolute Gasteiger partial charge is 0.506 e. The summed E-state index contributed by atoms with van der Waals surface area (Å²) in [6, 6.07) is 5.70. The van der Waals surface area contributed by atoms with E-state index in [9.17, 15) is 19.8 Å². The fraction of sp³-hybridized carbons (Fsp3) is 0.429. The van der Waals surface area contributed by atoms with Crippen molar-refractivity contribution in [2.75, 3.05) is 20.2 Å². The summed E-state index contributed by atoms with van der Waals surface area (Å²) in [5, 5.41) is 20.2. The Labute approximate surface area is 173 Å². The van der Waals surface area contributed by atoms with E-state index in [4.69, 9.17) is 20.8 Å². The van der Waals surface area contributed by atoms with E-state index >= 15 is 0 Å². The van der Waals surface area contributed by atoms with E-state index in [0.717, 1.165) is 25.9 Å². The SMILES string of the molecule is COC(=O)CC(c1ccc(O)c(Cl)c1)c1oc(CN2CCCCC2)cc(=O)c1O. The van der Waals surface area contributed by atoms with Gasteiger partial charge in [-0.3, -0.25) is 14.5 Å². The number of aromatic hydroxyl groups is 2. The van der Waals surface area contributed by atoms with Crippen molar-refractivity contribution < 1.29 is 24.2 Å². The van der Waals surface area contributed by atoms with E-state index in [-0.39, 0.29) is 23.0 Å². The molecule has 0 radical (unpaired) electrons. The van der Waals surface area contributed by atoms with Gasteiger partial charge in [0.05, 0.1) is 31.0 Å². The summed E-state index contributed by atoms with van der Waals surface area (Å²) in [5.41, 5.74) is -0.0650. The summed E-state index contributed by atoms with van der Waals surface area (Å²) < 4.78 is 10.7. The van der Waals surface area contributed by atoms with Crippen LogP contribution in [-0.2, 0) is 16.1 Å². The van der Waals surface area contributed by atoms with Crippen molar-refractivity contribution in [3.8, 4) is 11.5 Å². The maximum absolute atomic E-state index is 12.4. The number of carbonyl (C=O) groups is 1. The number of piperidine rings is 1. The number of benzene rings is 1. The lowest BCUT2D eigenvalue weighted by Crippen LogP contribution is -2.29. The molecule has 0 amide bonds. The molecule has 1 atom stereocenters. The molecule has 0 spiro atoms. The van der Waals surface area contributed by atoms with Gasteiger partial charge < -0.3 is 19.4 Å². The highest BCUT2D eigenvalue weighted by molar-refractivity contribution is 6.32. The summed E-state index contributed by atoms with van der Waals surface area (Å²) in [4.78, 5) is 26.6. The number of nitrogens with zero attached hydrogens (tertiary/aromatic N) is 1. The Kier molecular flexibility index (Phi) is 6.82. The second-order valence-corrected chi connectivity index (χ2v) is 7.58. The molecule has 1 aliphatic heterocycles. The van der Waals surface area contributed by atoms with Crippen LogP contribution in [0.25, 0.3) is 0 Å². The van der Waals surface area contributed by atoms with Crippen LogP contribution in [0.3, 0.4) is 0 Å². The zero-order valence-corrected chi connectivity index (χ0v) is 16.9. The molecular formula is C21H24ClNO6. The van der Waals surface area contributed by atoms with E-state index in [1.807, 2.05) is 0 Å². The molecule has 2 heterocycles. The maximum Gasteiger partial charge on any atom is 0.306 e. The molecule has 29 heavy (non-hydrogen) atoms. The first-order valence-corrected chi connectivity index (χ1v) is 9.90. The summed E-state index contributed by atoms with van der Waals surface area (Å²) in [5.74, 6) is -1.60. The van der Waals surface area contributed by atoms with Crippen LogP contribution in [-0.4, -0.2) is 41.3 Å². The zero-order chi connectivity index (χ0) is 21.0. The summed E-state index contributed by atoms with van der Waals surface area (Å²) in [6.07, 6.45) is 3.20. The molecule has 0 bridgehead atoms. The van der Waals surface area contributed by atoms with Gasteiger partial charge in [-0.15, -0.1) is 0 Å². The van der Waals surface area contributed by atoms with Crippen molar-refractivity contribution in [1.82, 2.24) is 4.90 Å². The highest BCUT2D eigenvalue weighted by Gasteiger charge is 2.27. The monoisotopic (exact) mass is 421 g/mol. The van der Waals surface area contributed by atoms with Crippen LogP contribution in [0.5, 0.6) is 11.5 Å². The van der Waals surface area contributed by atoms with Gasteiger partial charge in [0.1, 0.15) is 11.5 Å². The van der Waals surface area contributed by atoms with Crippen molar-refractivity contribution in [3.63, 3.8) is 0 Å². The van der Waals surface area contributed by atoms with Crippen LogP contribution in [0.2, 0.25) is 5.02 Å². The van der Waals surface area contributed by atoms with Crippen LogP contribution in [0.4, 0.5) is 0 Å². The van der Waals surface area contributed by atoms with E-state index in [1.54, 1.807) is 6.07 Å². The highest BCUT2D eigenvalue weighted by Crippen LogP contribution is 2.36. The number of phenolic OH excluding ortho intramolecular Hbond substituents is 1. The molecule has 2 aromatic rings. The minimum Gasteiger partial charge on any atom is -0.506 e. The maximum atomic E-state index is 12.4. The molecule has 8 heteroatoms. The fourth-order valence-electron chi connectivity index (χ4n) is 3.56. The molecule has 2 N–H and O–H groups in total. The number of halogens is 1. The van der Waals surface area contributed by atoms with Gasteiger partial charge in [0.15, 0.2) is 5.76 Å². The number of hydrogen-bond donors (Lipinski definition) is 2. The topological polar surface area (TPSA) is 100 Å². The van der Waals surface area contributed by atoms with E-state index in [0.29, 0.717) is 17.9 Å². The Hall–Kier alpha value is -2.51. The van der Waals surface area contributed by atoms with Crippen LogP contribution >= 0.6 is 11.6 Å². The lowest BCUT2D eigenvalue weighted by atomic mass is 9.92. The Morgan fingerprint density at radius 1 is 1.24 bits per heavy atom. The van der Waals surface area contributed by atoms with E-state index in [1.165, 1.54) is 31.7 Å². The van der Waals surface area contributed by atoms with Gasteiger partial charge in [0.25, 0.3) is 0 Å². The zero-order valence-electron chi connectivity index (χ0n) is 16.2. The lowest BCUT2D eigenvalue weighted by Gasteiger charge is -2.26. The molecule has 0 saturated carbocycles. The number of phenols is 1. The van der Waals surface area contributed by atoms with Crippen LogP contribution in [0.15, 0.2) is 33.5 Å². The van der Waals surface area contributed by atoms with Crippen molar-refractivity contribution >= 4 is 17.6 Å². The molecule has 1 fully saturated rings. The van der Waals surface area contributed by atoms with Gasteiger partial charge >= 0.3 is 5.97 Å². The number of carbonyl (C=O) groups excluding carboxylic acids is 1. The van der Waals surface area contributed by atoms with Crippen molar-refractivity contribution in [3.05, 3.63) is 56.6 Å². The molecule has 0 aliphatic carbocycles. The Balaban J connectivity index is 2.02. The van der Waals surface area contributed by atoms with Crippen LogP contribution in [0.1, 0.15) is 48.7 Å². The molecule has 1 aromatic carbocycles. The molecule has 1 aromatic heterocycles. The van der Waals surface area contributed by atoms with Gasteiger partial charge in [0, 0.05) is 6.07 Å². The number of esters is 1. The molecular weight excluding hydrogens is 398 g/mol. The predicted octanol–water partition coefficient (Wildman–Crippen LogP) is 3.39. The summed E-state index contributed by atoms with van der Waals surface area (Å²) >= 11 is 6.02. The average molecular weight is 422 g/mol. The highest BCUT2D eigenvalue weighted by atomic mass is 35.5. The quantitative estimate of drug-likeness (QED) is 0.689. The predicted molar refractivity (Wildman–Crippen MR) is 107 cm³/mol. The number of methoxy groups -OCH3 is 1. The lowest BCUT2D eigenvalue weighted by molar-refractivity contribution is -0.140. The first-order valence-electron chi connectivity index (χ1n) is 9.52. The van der Waals surface area contributed by atoms with Gasteiger partial charge in [-0.05, 0) is 43.6 Å². The summed E-state index contributed by atoms with van der Waals surface area (Å²) in [7, 11) is 1.26.